The smallest absolute Gasteiger partial charge is 0.329 e. The molecule has 0 aliphatic carbocycles. The van der Waals surface area contributed by atoms with E-state index in [1.165, 1.54) is 25.1 Å². The van der Waals surface area contributed by atoms with E-state index in [0.717, 1.165) is 0 Å². The Hall–Kier alpha value is -1.74. The molecule has 2 aromatic carbocycles. The molecule has 168 valence electrons. The molecule has 0 bridgehead atoms. The lowest BCUT2D eigenvalue weighted by Gasteiger charge is -2.20. The number of fused-ring (bicyclic) bond motifs is 1. The fourth-order valence-electron chi connectivity index (χ4n) is 2.86. The van der Waals surface area contributed by atoms with Crippen LogP contribution in [0.1, 0.15) is 27.6 Å². The average Bonchev–Trinajstić information content (AvgIpc) is 3.01. The van der Waals surface area contributed by atoms with Crippen LogP contribution in [0.15, 0.2) is 18.2 Å². The highest BCUT2D eigenvalue weighted by Crippen LogP contribution is 2.45. The minimum absolute atomic E-state index is 0.202. The molecule has 0 spiro atoms. The van der Waals surface area contributed by atoms with E-state index in [1.54, 1.807) is 0 Å². The fraction of sp³-hybridized carbons (Fsp3) is 0.158. The molecule has 1 heterocycles. The molecule has 13 heteroatoms. The number of ether oxygens (including phenoxy) is 1. The molecule has 1 atom stereocenters. The zero-order valence-corrected chi connectivity index (χ0v) is 20.3. The van der Waals surface area contributed by atoms with Crippen LogP contribution in [-0.4, -0.2) is 41.2 Å². The van der Waals surface area contributed by atoms with Crippen LogP contribution in [0.3, 0.4) is 0 Å². The van der Waals surface area contributed by atoms with E-state index >= 15 is 0 Å². The molecule has 0 aromatic heterocycles. The molecule has 1 aliphatic rings. The van der Waals surface area contributed by atoms with Gasteiger partial charge in [-0.1, -0.05) is 69.6 Å². The van der Waals surface area contributed by atoms with Gasteiger partial charge in [-0.15, -0.1) is 0 Å². The molecule has 0 radical (unpaired) electrons. The van der Waals surface area contributed by atoms with Gasteiger partial charge in [0.05, 0.1) is 41.9 Å². The maximum Gasteiger partial charge on any atom is 0.329 e. The molecule has 0 unspecified atom stereocenters. The van der Waals surface area contributed by atoms with Crippen molar-refractivity contribution in [3.63, 3.8) is 0 Å². The number of esters is 1. The summed E-state index contributed by atoms with van der Waals surface area (Å²) in [7, 11) is 0. The Balaban J connectivity index is 1.72. The number of nitrogens with zero attached hydrogens (tertiary/aromatic N) is 1. The first-order valence-electron chi connectivity index (χ1n) is 8.61. The Morgan fingerprint density at radius 1 is 0.938 bits per heavy atom. The molecule has 1 aliphatic heterocycles. The van der Waals surface area contributed by atoms with Crippen LogP contribution in [0.5, 0.6) is 0 Å². The number of hydrogen-bond donors (Lipinski definition) is 1. The van der Waals surface area contributed by atoms with Gasteiger partial charge in [0.2, 0.25) is 0 Å². The lowest BCUT2D eigenvalue weighted by molar-refractivity contribution is -0.150. The highest BCUT2D eigenvalue weighted by Gasteiger charge is 2.45. The van der Waals surface area contributed by atoms with Gasteiger partial charge in [-0.25, -0.2) is 4.79 Å². The number of nitrogens with one attached hydrogen (secondary N) is 1. The van der Waals surface area contributed by atoms with Gasteiger partial charge >= 0.3 is 5.97 Å². The van der Waals surface area contributed by atoms with E-state index in [-0.39, 0.29) is 41.9 Å². The average molecular weight is 559 g/mol. The third-order valence-electron chi connectivity index (χ3n) is 4.41. The number of hydrogen-bond acceptors (Lipinski definition) is 5. The van der Waals surface area contributed by atoms with Gasteiger partial charge in [-0.2, -0.15) is 0 Å². The summed E-state index contributed by atoms with van der Waals surface area (Å²) in [5.41, 5.74) is -0.334. The van der Waals surface area contributed by atoms with E-state index in [4.69, 9.17) is 74.3 Å². The van der Waals surface area contributed by atoms with Crippen molar-refractivity contribution in [2.75, 3.05) is 11.9 Å². The van der Waals surface area contributed by atoms with Gasteiger partial charge in [0, 0.05) is 5.02 Å². The predicted molar refractivity (Wildman–Crippen MR) is 122 cm³/mol. The summed E-state index contributed by atoms with van der Waals surface area (Å²) in [5, 5.41) is 2.04. The van der Waals surface area contributed by atoms with Crippen molar-refractivity contribution in [2.24, 2.45) is 0 Å². The van der Waals surface area contributed by atoms with Gasteiger partial charge in [0.15, 0.2) is 6.61 Å². The summed E-state index contributed by atoms with van der Waals surface area (Å²) >= 11 is 35.9. The molecule has 0 saturated heterocycles. The summed E-state index contributed by atoms with van der Waals surface area (Å²) < 4.78 is 4.93. The number of imide groups is 1. The molecule has 0 saturated carbocycles. The van der Waals surface area contributed by atoms with E-state index in [9.17, 15) is 19.2 Å². The van der Waals surface area contributed by atoms with Crippen molar-refractivity contribution in [1.29, 1.82) is 0 Å². The maximum absolute atomic E-state index is 12.8. The second kappa shape index (κ2) is 9.63. The van der Waals surface area contributed by atoms with E-state index < -0.39 is 36.3 Å². The van der Waals surface area contributed by atoms with Crippen LogP contribution in [-0.2, 0) is 14.3 Å². The molecule has 7 nitrogen and oxygen atoms in total. The van der Waals surface area contributed by atoms with Crippen molar-refractivity contribution >= 4 is 99.0 Å². The zero-order valence-electron chi connectivity index (χ0n) is 15.8. The largest absolute Gasteiger partial charge is 0.454 e. The predicted octanol–water partition coefficient (Wildman–Crippen LogP) is 5.77. The van der Waals surface area contributed by atoms with Crippen molar-refractivity contribution in [3.8, 4) is 0 Å². The summed E-state index contributed by atoms with van der Waals surface area (Å²) in [4.78, 5) is 50.7. The summed E-state index contributed by atoms with van der Waals surface area (Å²) in [6.45, 7) is 0.523. The second-order valence-corrected chi connectivity index (χ2v) is 8.80. The highest BCUT2D eigenvalue weighted by molar-refractivity contribution is 6.55. The topological polar surface area (TPSA) is 92.8 Å². The van der Waals surface area contributed by atoms with Crippen LogP contribution in [0.25, 0.3) is 0 Å². The minimum Gasteiger partial charge on any atom is -0.454 e. The number of benzene rings is 2. The van der Waals surface area contributed by atoms with E-state index in [2.05, 4.69) is 5.32 Å². The standard InChI is InChI=1S/C19H10Cl6N2O5/c1-6(19(31)32-5-10(28)26-9-4-7(20)2-3-8(9)21)27-17(29)11-12(18(27)30)14(23)16(25)15(24)13(11)22/h2-4,6H,5H2,1H3,(H,26,28)/t6-/m0/s1. The number of carbonyl (C=O) groups excluding carboxylic acids is 4. The first kappa shape index (κ1) is 24.9. The second-order valence-electron chi connectivity index (χ2n) is 6.44. The maximum atomic E-state index is 12.8. The Morgan fingerprint density at radius 3 is 2.00 bits per heavy atom. The normalized spacial score (nSPS) is 13.8. The van der Waals surface area contributed by atoms with Crippen LogP contribution in [0.2, 0.25) is 30.1 Å². The Morgan fingerprint density at radius 2 is 1.47 bits per heavy atom. The van der Waals surface area contributed by atoms with Crippen LogP contribution in [0, 0.1) is 0 Å². The Bertz CT molecular complexity index is 1140. The monoisotopic (exact) mass is 556 g/mol. The number of amides is 3. The van der Waals surface area contributed by atoms with Crippen LogP contribution < -0.4 is 5.32 Å². The third-order valence-corrected chi connectivity index (χ3v) is 6.78. The quantitative estimate of drug-likeness (QED) is 0.217. The molecule has 0 fully saturated rings. The molecular weight excluding hydrogens is 549 g/mol. The van der Waals surface area contributed by atoms with Crippen molar-refractivity contribution in [1.82, 2.24) is 4.90 Å². The number of halogens is 6. The van der Waals surface area contributed by atoms with Crippen molar-refractivity contribution < 1.29 is 23.9 Å². The number of anilines is 1. The third kappa shape index (κ3) is 4.51. The molecule has 3 rings (SSSR count). The first-order valence-corrected chi connectivity index (χ1v) is 10.9. The number of carbonyl (C=O) groups is 4. The zero-order chi connectivity index (χ0) is 23.9. The minimum atomic E-state index is -1.41. The molecule has 1 N–H and O–H groups in total. The van der Waals surface area contributed by atoms with Gasteiger partial charge in [0.25, 0.3) is 17.7 Å². The van der Waals surface area contributed by atoms with E-state index in [1.807, 2.05) is 0 Å². The van der Waals surface area contributed by atoms with Gasteiger partial charge in [-0.05, 0) is 25.1 Å². The first-order chi connectivity index (χ1) is 15.0. The fourth-order valence-corrected chi connectivity index (χ4v) is 4.21. The SMILES string of the molecule is C[C@@H](C(=O)OCC(=O)Nc1cc(Cl)ccc1Cl)N1C(=O)c2c(Cl)c(Cl)c(Cl)c(Cl)c2C1=O. The Labute approximate surface area is 211 Å². The molecule has 32 heavy (non-hydrogen) atoms. The number of rotatable bonds is 5. The summed E-state index contributed by atoms with van der Waals surface area (Å²) in [5.74, 6) is -3.57. The molecule has 3 amide bonds. The summed E-state index contributed by atoms with van der Waals surface area (Å²) in [6.07, 6.45) is 0. The van der Waals surface area contributed by atoms with Crippen molar-refractivity contribution in [2.45, 2.75) is 13.0 Å². The summed E-state index contributed by atoms with van der Waals surface area (Å²) in [6, 6.07) is 3.01. The van der Waals surface area contributed by atoms with Gasteiger partial charge in [-0.3, -0.25) is 19.3 Å². The van der Waals surface area contributed by atoms with Crippen molar-refractivity contribution in [3.05, 3.63) is 59.5 Å². The molecule has 2 aromatic rings. The van der Waals surface area contributed by atoms with E-state index in [0.29, 0.717) is 9.92 Å². The Kier molecular flexibility index (Phi) is 7.49. The van der Waals surface area contributed by atoms with Crippen LogP contribution in [0.4, 0.5) is 5.69 Å². The van der Waals surface area contributed by atoms with Gasteiger partial charge in [0.1, 0.15) is 6.04 Å². The van der Waals surface area contributed by atoms with Crippen LogP contribution >= 0.6 is 69.6 Å². The lowest BCUT2D eigenvalue weighted by atomic mass is 10.1. The van der Waals surface area contributed by atoms with Gasteiger partial charge < -0.3 is 10.1 Å². The lowest BCUT2D eigenvalue weighted by Crippen LogP contribution is -2.44. The molecular formula is C19H10Cl6N2O5. The highest BCUT2D eigenvalue weighted by atomic mass is 35.5.